The van der Waals surface area contributed by atoms with Gasteiger partial charge in [-0.1, -0.05) is 20.8 Å². The molecule has 0 saturated carbocycles. The van der Waals surface area contributed by atoms with Gasteiger partial charge in [0.15, 0.2) is 0 Å². The maximum atomic E-state index is 4.89. The molecule has 1 unspecified atom stereocenters. The Morgan fingerprint density at radius 1 is 1.45 bits per heavy atom. The van der Waals surface area contributed by atoms with Crippen LogP contribution in [0.15, 0.2) is 24.5 Å². The van der Waals surface area contributed by atoms with Crippen molar-refractivity contribution in [2.24, 2.45) is 5.41 Å². The van der Waals surface area contributed by atoms with Crippen LogP contribution in [0.3, 0.4) is 0 Å². The molecule has 106 valence electrons. The van der Waals surface area contributed by atoms with Crippen LogP contribution >= 0.6 is 11.3 Å². The van der Waals surface area contributed by atoms with Crippen LogP contribution in [0.4, 0.5) is 0 Å². The lowest BCUT2D eigenvalue weighted by Crippen LogP contribution is -2.32. The van der Waals surface area contributed by atoms with Crippen LogP contribution in [-0.2, 0) is 6.42 Å². The highest BCUT2D eigenvalue weighted by Crippen LogP contribution is 2.44. The van der Waals surface area contributed by atoms with E-state index in [1.165, 1.54) is 17.0 Å². The lowest BCUT2D eigenvalue weighted by Gasteiger charge is -2.34. The average Bonchev–Trinajstić information content (AvgIpc) is 2.82. The molecule has 3 nitrogen and oxygen atoms in total. The molecule has 0 fully saturated rings. The zero-order valence-corrected chi connectivity index (χ0v) is 13.1. The van der Waals surface area contributed by atoms with E-state index < -0.39 is 0 Å². The lowest BCUT2D eigenvalue weighted by atomic mass is 9.76. The molecular formula is C16H21N3S. The smallest absolute Gasteiger partial charge is 0.125 e. The van der Waals surface area contributed by atoms with Gasteiger partial charge in [0.25, 0.3) is 0 Å². The molecular weight excluding hydrogens is 266 g/mol. The SMILES string of the molecule is CCNC1CC(C)(C)Cc2nc(-c3cccnc3)sc21. The quantitative estimate of drug-likeness (QED) is 0.932. The molecule has 2 aromatic rings. The Morgan fingerprint density at radius 2 is 2.30 bits per heavy atom. The summed E-state index contributed by atoms with van der Waals surface area (Å²) in [5, 5.41) is 4.72. The molecule has 0 aliphatic heterocycles. The summed E-state index contributed by atoms with van der Waals surface area (Å²) in [7, 11) is 0. The van der Waals surface area contributed by atoms with E-state index in [2.05, 4.69) is 37.1 Å². The van der Waals surface area contributed by atoms with E-state index in [9.17, 15) is 0 Å². The first-order valence-corrected chi connectivity index (χ1v) is 8.04. The van der Waals surface area contributed by atoms with Crippen molar-refractivity contribution in [3.63, 3.8) is 0 Å². The van der Waals surface area contributed by atoms with Gasteiger partial charge in [0.05, 0.1) is 5.69 Å². The third-order valence-corrected chi connectivity index (χ3v) is 5.07. The highest BCUT2D eigenvalue weighted by molar-refractivity contribution is 7.15. The predicted octanol–water partition coefficient (Wildman–Crippen LogP) is 3.83. The summed E-state index contributed by atoms with van der Waals surface area (Å²) in [5.41, 5.74) is 2.72. The second-order valence-corrected chi connectivity index (χ2v) is 7.26. The molecule has 1 aliphatic rings. The van der Waals surface area contributed by atoms with E-state index in [1.54, 1.807) is 0 Å². The fourth-order valence-corrected chi connectivity index (χ4v) is 4.10. The average molecular weight is 287 g/mol. The number of hydrogen-bond acceptors (Lipinski definition) is 4. The van der Waals surface area contributed by atoms with Gasteiger partial charge in [0, 0.05) is 28.9 Å². The molecule has 4 heteroatoms. The number of thiazole rings is 1. The van der Waals surface area contributed by atoms with E-state index >= 15 is 0 Å². The minimum atomic E-state index is 0.320. The second-order valence-electron chi connectivity index (χ2n) is 6.23. The number of nitrogens with zero attached hydrogens (tertiary/aromatic N) is 2. The molecule has 1 atom stereocenters. The molecule has 2 aromatic heterocycles. The van der Waals surface area contributed by atoms with Crippen LogP contribution in [0.25, 0.3) is 10.6 Å². The number of nitrogens with one attached hydrogen (secondary N) is 1. The minimum absolute atomic E-state index is 0.320. The Bertz CT molecular complexity index is 589. The van der Waals surface area contributed by atoms with Gasteiger partial charge >= 0.3 is 0 Å². The molecule has 3 rings (SSSR count). The summed E-state index contributed by atoms with van der Waals surface area (Å²) in [5.74, 6) is 0. The Kier molecular flexibility index (Phi) is 3.61. The van der Waals surface area contributed by atoms with Gasteiger partial charge in [-0.15, -0.1) is 11.3 Å². The maximum Gasteiger partial charge on any atom is 0.125 e. The van der Waals surface area contributed by atoms with Gasteiger partial charge in [-0.3, -0.25) is 4.98 Å². The first kappa shape index (κ1) is 13.7. The number of aromatic nitrogens is 2. The Balaban J connectivity index is 2.00. The first-order valence-electron chi connectivity index (χ1n) is 7.22. The number of fused-ring (bicyclic) bond motifs is 1. The molecule has 20 heavy (non-hydrogen) atoms. The van der Waals surface area contributed by atoms with Crippen molar-refractivity contribution in [1.29, 1.82) is 0 Å². The summed E-state index contributed by atoms with van der Waals surface area (Å²) < 4.78 is 0. The Morgan fingerprint density at radius 3 is 3.00 bits per heavy atom. The molecule has 0 bridgehead atoms. The third kappa shape index (κ3) is 2.63. The van der Waals surface area contributed by atoms with Gasteiger partial charge in [0.2, 0.25) is 0 Å². The number of pyridine rings is 1. The zero-order chi connectivity index (χ0) is 14.2. The number of rotatable bonds is 3. The van der Waals surface area contributed by atoms with Crippen molar-refractivity contribution in [2.75, 3.05) is 6.54 Å². The Labute approximate surface area is 124 Å². The van der Waals surface area contributed by atoms with Gasteiger partial charge in [-0.25, -0.2) is 4.98 Å². The minimum Gasteiger partial charge on any atom is -0.309 e. The van der Waals surface area contributed by atoms with Crippen LogP contribution < -0.4 is 5.32 Å². The Hall–Kier alpha value is -1.26. The molecule has 0 radical (unpaired) electrons. The van der Waals surface area contributed by atoms with Crippen molar-refractivity contribution in [2.45, 2.75) is 39.7 Å². The standard InChI is InChI=1S/C16H21N3S/c1-4-18-12-8-16(2,3)9-13-14(12)20-15(19-13)11-6-5-7-17-10-11/h5-7,10,12,18H,4,8-9H2,1-3H3. The van der Waals surface area contributed by atoms with Crippen molar-refractivity contribution in [3.05, 3.63) is 35.1 Å². The summed E-state index contributed by atoms with van der Waals surface area (Å²) in [4.78, 5) is 10.5. The van der Waals surface area contributed by atoms with Crippen molar-refractivity contribution < 1.29 is 0 Å². The maximum absolute atomic E-state index is 4.89. The molecule has 1 N–H and O–H groups in total. The van der Waals surface area contributed by atoms with Crippen LogP contribution in [0.2, 0.25) is 0 Å². The molecule has 2 heterocycles. The fourth-order valence-electron chi connectivity index (χ4n) is 2.96. The van der Waals surface area contributed by atoms with Crippen molar-refractivity contribution in [1.82, 2.24) is 15.3 Å². The molecule has 0 amide bonds. The van der Waals surface area contributed by atoms with E-state index in [-0.39, 0.29) is 0 Å². The van der Waals surface area contributed by atoms with Crippen molar-refractivity contribution >= 4 is 11.3 Å². The largest absolute Gasteiger partial charge is 0.309 e. The molecule has 0 spiro atoms. The van der Waals surface area contributed by atoms with Gasteiger partial charge in [-0.2, -0.15) is 0 Å². The van der Waals surface area contributed by atoms with Gasteiger partial charge in [-0.05, 0) is 36.9 Å². The topological polar surface area (TPSA) is 37.8 Å². The van der Waals surface area contributed by atoms with Crippen LogP contribution in [-0.4, -0.2) is 16.5 Å². The summed E-state index contributed by atoms with van der Waals surface area (Å²) >= 11 is 1.82. The normalized spacial score (nSPS) is 20.6. The lowest BCUT2D eigenvalue weighted by molar-refractivity contribution is 0.260. The summed E-state index contributed by atoms with van der Waals surface area (Å²) in [6.45, 7) is 7.84. The number of hydrogen-bond donors (Lipinski definition) is 1. The van der Waals surface area contributed by atoms with Gasteiger partial charge < -0.3 is 5.32 Å². The molecule has 0 aromatic carbocycles. The second kappa shape index (κ2) is 5.26. The highest BCUT2D eigenvalue weighted by atomic mass is 32.1. The van der Waals surface area contributed by atoms with Gasteiger partial charge in [0.1, 0.15) is 5.01 Å². The van der Waals surface area contributed by atoms with Crippen LogP contribution in [0, 0.1) is 5.41 Å². The van der Waals surface area contributed by atoms with E-state index in [4.69, 9.17) is 4.98 Å². The highest BCUT2D eigenvalue weighted by Gasteiger charge is 2.34. The summed E-state index contributed by atoms with van der Waals surface area (Å²) in [6.07, 6.45) is 5.96. The van der Waals surface area contributed by atoms with E-state index in [1.807, 2.05) is 29.8 Å². The van der Waals surface area contributed by atoms with Crippen molar-refractivity contribution in [3.8, 4) is 10.6 Å². The monoisotopic (exact) mass is 287 g/mol. The molecule has 0 saturated heterocycles. The first-order chi connectivity index (χ1) is 9.59. The van der Waals surface area contributed by atoms with E-state index in [0.717, 1.165) is 23.5 Å². The van der Waals surface area contributed by atoms with Crippen LogP contribution in [0.1, 0.15) is 43.8 Å². The summed E-state index contributed by atoms with van der Waals surface area (Å²) in [6, 6.07) is 4.51. The van der Waals surface area contributed by atoms with Crippen LogP contribution in [0.5, 0.6) is 0 Å². The fraction of sp³-hybridized carbons (Fsp3) is 0.500. The molecule has 1 aliphatic carbocycles. The van der Waals surface area contributed by atoms with E-state index in [0.29, 0.717) is 11.5 Å². The zero-order valence-electron chi connectivity index (χ0n) is 12.3. The predicted molar refractivity (Wildman–Crippen MR) is 83.9 cm³/mol. The third-order valence-electron chi connectivity index (χ3n) is 3.81.